The van der Waals surface area contributed by atoms with Gasteiger partial charge in [0.15, 0.2) is 6.04 Å². The zero-order valence-corrected chi connectivity index (χ0v) is 11.1. The first-order valence-corrected chi connectivity index (χ1v) is 6.48. The Bertz CT molecular complexity index is 353. The molecular formula is C12H21N3O4. The molecule has 0 aromatic heterocycles. The third-order valence-corrected chi connectivity index (χ3v) is 3.18. The lowest BCUT2D eigenvalue weighted by atomic mass is 10.1. The van der Waals surface area contributed by atoms with Crippen molar-refractivity contribution in [2.75, 3.05) is 13.2 Å². The van der Waals surface area contributed by atoms with Crippen molar-refractivity contribution in [2.24, 2.45) is 11.5 Å². The maximum atomic E-state index is 12.2. The van der Waals surface area contributed by atoms with E-state index in [0.717, 1.165) is 25.7 Å². The van der Waals surface area contributed by atoms with Gasteiger partial charge in [0.1, 0.15) is 0 Å². The molecule has 0 saturated heterocycles. The molecular weight excluding hydrogens is 250 g/mol. The smallest absolute Gasteiger partial charge is 0.332 e. The first kappa shape index (κ1) is 15.4. The number of nitrogens with zero attached hydrogens (tertiary/aromatic N) is 1. The molecule has 0 heterocycles. The van der Waals surface area contributed by atoms with Gasteiger partial charge in [0, 0.05) is 6.04 Å². The average Bonchev–Trinajstić information content (AvgIpc) is 2.87. The monoisotopic (exact) mass is 271 g/mol. The molecule has 0 radical (unpaired) electrons. The van der Waals surface area contributed by atoms with E-state index in [0.29, 0.717) is 0 Å². The highest BCUT2D eigenvalue weighted by molar-refractivity contribution is 6.02. The predicted molar refractivity (Wildman–Crippen MR) is 67.8 cm³/mol. The highest BCUT2D eigenvalue weighted by Crippen LogP contribution is 2.23. The number of hydrogen-bond acceptors (Lipinski definition) is 5. The van der Waals surface area contributed by atoms with Gasteiger partial charge in [-0.1, -0.05) is 12.8 Å². The second-order valence-corrected chi connectivity index (χ2v) is 4.60. The molecule has 1 atom stereocenters. The standard InChI is InChI=1S/C12H21N3O4/c1-2-19-12(18)10(14)11(17)15(7-9(13)16)8-5-3-4-6-8/h8,10H,2-7,14H2,1H3,(H2,13,16). The molecule has 0 aromatic carbocycles. The second-order valence-electron chi connectivity index (χ2n) is 4.60. The van der Waals surface area contributed by atoms with Crippen LogP contribution < -0.4 is 11.5 Å². The zero-order chi connectivity index (χ0) is 14.4. The predicted octanol–water partition coefficient (Wildman–Crippen LogP) is -0.867. The summed E-state index contributed by atoms with van der Waals surface area (Å²) in [6.45, 7) is 1.57. The molecule has 7 heteroatoms. The molecule has 108 valence electrons. The largest absolute Gasteiger partial charge is 0.464 e. The number of primary amides is 1. The second kappa shape index (κ2) is 7.08. The third-order valence-electron chi connectivity index (χ3n) is 3.18. The van der Waals surface area contributed by atoms with Crippen molar-refractivity contribution >= 4 is 17.8 Å². The maximum Gasteiger partial charge on any atom is 0.332 e. The Morgan fingerprint density at radius 2 is 1.89 bits per heavy atom. The van der Waals surface area contributed by atoms with Crippen LogP contribution in [0, 0.1) is 0 Å². The van der Waals surface area contributed by atoms with Gasteiger partial charge in [0.2, 0.25) is 5.91 Å². The summed E-state index contributed by atoms with van der Waals surface area (Å²) >= 11 is 0. The van der Waals surface area contributed by atoms with Crippen LogP contribution in [0.15, 0.2) is 0 Å². The highest BCUT2D eigenvalue weighted by atomic mass is 16.5. The van der Waals surface area contributed by atoms with Crippen molar-refractivity contribution < 1.29 is 19.1 Å². The minimum absolute atomic E-state index is 0.0690. The van der Waals surface area contributed by atoms with Crippen LogP contribution in [0.2, 0.25) is 0 Å². The van der Waals surface area contributed by atoms with Gasteiger partial charge in [-0.3, -0.25) is 9.59 Å². The lowest BCUT2D eigenvalue weighted by molar-refractivity contribution is -0.152. The van der Waals surface area contributed by atoms with Crippen molar-refractivity contribution in [3.63, 3.8) is 0 Å². The molecule has 1 saturated carbocycles. The minimum Gasteiger partial charge on any atom is -0.464 e. The number of esters is 1. The summed E-state index contributed by atoms with van der Waals surface area (Å²) in [6.07, 6.45) is 3.58. The van der Waals surface area contributed by atoms with Gasteiger partial charge >= 0.3 is 5.97 Å². The van der Waals surface area contributed by atoms with Crippen molar-refractivity contribution in [1.82, 2.24) is 4.90 Å². The summed E-state index contributed by atoms with van der Waals surface area (Å²) in [6, 6.07) is -1.46. The van der Waals surface area contributed by atoms with Gasteiger partial charge < -0.3 is 21.1 Å². The van der Waals surface area contributed by atoms with Crippen LogP contribution in [0.4, 0.5) is 0 Å². The van der Waals surface area contributed by atoms with Crippen molar-refractivity contribution in [2.45, 2.75) is 44.7 Å². The van der Waals surface area contributed by atoms with E-state index in [4.69, 9.17) is 16.2 Å². The molecule has 2 amide bonds. The summed E-state index contributed by atoms with van der Waals surface area (Å²) in [5.41, 5.74) is 10.7. The van der Waals surface area contributed by atoms with Crippen LogP contribution >= 0.6 is 0 Å². The van der Waals surface area contributed by atoms with E-state index < -0.39 is 23.8 Å². The van der Waals surface area contributed by atoms with Crippen molar-refractivity contribution in [3.8, 4) is 0 Å². The molecule has 1 aliphatic rings. The van der Waals surface area contributed by atoms with Crippen molar-refractivity contribution in [3.05, 3.63) is 0 Å². The first-order valence-electron chi connectivity index (χ1n) is 6.48. The van der Waals surface area contributed by atoms with E-state index in [1.165, 1.54) is 4.90 Å². The molecule has 0 bridgehead atoms. The zero-order valence-electron chi connectivity index (χ0n) is 11.1. The molecule has 1 rings (SSSR count). The average molecular weight is 271 g/mol. The molecule has 1 fully saturated rings. The Labute approximate surface area is 112 Å². The van der Waals surface area contributed by atoms with Gasteiger partial charge in [-0.25, -0.2) is 4.79 Å². The Morgan fingerprint density at radius 1 is 1.32 bits per heavy atom. The molecule has 19 heavy (non-hydrogen) atoms. The van der Waals surface area contributed by atoms with E-state index in [1.54, 1.807) is 6.92 Å². The summed E-state index contributed by atoms with van der Waals surface area (Å²) in [7, 11) is 0. The third kappa shape index (κ3) is 4.20. The topological polar surface area (TPSA) is 116 Å². The number of ether oxygens (including phenoxy) is 1. The van der Waals surface area contributed by atoms with Crippen LogP contribution in [0.25, 0.3) is 0 Å². The summed E-state index contributed by atoms with van der Waals surface area (Å²) in [5, 5.41) is 0. The fourth-order valence-electron chi connectivity index (χ4n) is 2.28. The van der Waals surface area contributed by atoms with Crippen LogP contribution in [-0.2, 0) is 19.1 Å². The van der Waals surface area contributed by atoms with Crippen LogP contribution in [0.5, 0.6) is 0 Å². The summed E-state index contributed by atoms with van der Waals surface area (Å²) in [4.78, 5) is 36.0. The molecule has 0 aliphatic heterocycles. The normalized spacial score (nSPS) is 16.9. The molecule has 0 spiro atoms. The molecule has 1 aliphatic carbocycles. The van der Waals surface area contributed by atoms with Crippen LogP contribution in [0.3, 0.4) is 0 Å². The van der Waals surface area contributed by atoms with Crippen LogP contribution in [-0.4, -0.2) is 47.9 Å². The van der Waals surface area contributed by atoms with E-state index in [1.807, 2.05) is 0 Å². The molecule has 7 nitrogen and oxygen atoms in total. The molecule has 0 aromatic rings. The fourth-order valence-corrected chi connectivity index (χ4v) is 2.28. The lowest BCUT2D eigenvalue weighted by Crippen LogP contribution is -2.54. The number of carbonyl (C=O) groups is 3. The van der Waals surface area contributed by atoms with E-state index in [-0.39, 0.29) is 19.2 Å². The van der Waals surface area contributed by atoms with Gasteiger partial charge in [-0.2, -0.15) is 0 Å². The lowest BCUT2D eigenvalue weighted by Gasteiger charge is -2.29. The SMILES string of the molecule is CCOC(=O)C(N)C(=O)N(CC(N)=O)C1CCCC1. The van der Waals surface area contributed by atoms with Crippen molar-refractivity contribution in [1.29, 1.82) is 0 Å². The van der Waals surface area contributed by atoms with E-state index in [9.17, 15) is 14.4 Å². The minimum atomic E-state index is -1.39. The van der Waals surface area contributed by atoms with E-state index >= 15 is 0 Å². The fraction of sp³-hybridized carbons (Fsp3) is 0.750. The van der Waals surface area contributed by atoms with Gasteiger partial charge in [-0.15, -0.1) is 0 Å². The number of carbonyl (C=O) groups excluding carboxylic acids is 3. The maximum absolute atomic E-state index is 12.2. The van der Waals surface area contributed by atoms with Crippen LogP contribution in [0.1, 0.15) is 32.6 Å². The quantitative estimate of drug-likeness (QED) is 0.481. The van der Waals surface area contributed by atoms with Gasteiger partial charge in [0.25, 0.3) is 5.91 Å². The Balaban J connectivity index is 2.75. The summed E-state index contributed by atoms with van der Waals surface area (Å²) < 4.78 is 4.71. The first-order chi connectivity index (χ1) is 8.97. The Morgan fingerprint density at radius 3 is 2.37 bits per heavy atom. The Hall–Kier alpha value is -1.63. The number of hydrogen-bond donors (Lipinski definition) is 2. The number of nitrogens with two attached hydrogens (primary N) is 2. The number of amides is 2. The number of rotatable bonds is 6. The van der Waals surface area contributed by atoms with E-state index in [2.05, 4.69) is 0 Å². The summed E-state index contributed by atoms with van der Waals surface area (Å²) in [5.74, 6) is -1.99. The highest BCUT2D eigenvalue weighted by Gasteiger charge is 2.34. The van der Waals surface area contributed by atoms with Gasteiger partial charge in [0.05, 0.1) is 13.2 Å². The molecule has 1 unspecified atom stereocenters. The Kier molecular flexibility index (Phi) is 5.75. The van der Waals surface area contributed by atoms with Gasteiger partial charge in [-0.05, 0) is 19.8 Å². The molecule has 4 N–H and O–H groups in total.